The van der Waals surface area contributed by atoms with Crippen molar-refractivity contribution in [2.24, 2.45) is 0 Å². The summed E-state index contributed by atoms with van der Waals surface area (Å²) in [6.45, 7) is 9.85. The monoisotopic (exact) mass is 168 g/mol. The molecule has 12 heavy (non-hydrogen) atoms. The molecular formula is C11H17F. The maximum absolute atomic E-state index is 12.6. The molecule has 0 saturated carbocycles. The van der Waals surface area contributed by atoms with Crippen LogP contribution < -0.4 is 0 Å². The van der Waals surface area contributed by atoms with E-state index in [1.165, 1.54) is 5.56 Å². The van der Waals surface area contributed by atoms with Crippen molar-refractivity contribution in [3.8, 4) is 0 Å². The van der Waals surface area contributed by atoms with E-state index in [9.17, 15) is 4.39 Å². The highest BCUT2D eigenvalue weighted by molar-refractivity contribution is 5.32. The second-order valence-electron chi connectivity index (χ2n) is 2.66. The standard InChI is InChI=1S/C9H11F.C2H6/c1-6-4-9(10)5-7(2)8(6)3;1-2/h4-5H,1-3H3;1-2H3. The minimum absolute atomic E-state index is 0.138. The molecule has 0 atom stereocenters. The summed E-state index contributed by atoms with van der Waals surface area (Å²) in [5, 5.41) is 0. The molecule has 0 nitrogen and oxygen atoms in total. The largest absolute Gasteiger partial charge is 0.207 e. The van der Waals surface area contributed by atoms with Crippen LogP contribution >= 0.6 is 0 Å². The van der Waals surface area contributed by atoms with Crippen molar-refractivity contribution >= 4 is 0 Å². The lowest BCUT2D eigenvalue weighted by Gasteiger charge is -2.02. The Morgan fingerprint density at radius 3 is 1.58 bits per heavy atom. The van der Waals surface area contributed by atoms with Gasteiger partial charge in [-0.15, -0.1) is 0 Å². The van der Waals surface area contributed by atoms with Crippen molar-refractivity contribution in [3.63, 3.8) is 0 Å². The van der Waals surface area contributed by atoms with Crippen molar-refractivity contribution in [2.75, 3.05) is 0 Å². The molecule has 0 radical (unpaired) electrons. The van der Waals surface area contributed by atoms with E-state index in [-0.39, 0.29) is 5.82 Å². The molecule has 1 aromatic carbocycles. The number of benzene rings is 1. The number of hydrogen-bond acceptors (Lipinski definition) is 0. The Hall–Kier alpha value is -0.850. The van der Waals surface area contributed by atoms with Gasteiger partial charge in [0.25, 0.3) is 0 Å². The van der Waals surface area contributed by atoms with Crippen molar-refractivity contribution in [1.29, 1.82) is 0 Å². The predicted molar refractivity (Wildman–Crippen MR) is 52.0 cm³/mol. The third kappa shape index (κ3) is 2.65. The van der Waals surface area contributed by atoms with Gasteiger partial charge >= 0.3 is 0 Å². The van der Waals surface area contributed by atoms with Gasteiger partial charge < -0.3 is 0 Å². The lowest BCUT2D eigenvalue weighted by Crippen LogP contribution is -1.87. The van der Waals surface area contributed by atoms with Crippen LogP contribution in [-0.2, 0) is 0 Å². The van der Waals surface area contributed by atoms with Gasteiger partial charge in [0.2, 0.25) is 0 Å². The van der Waals surface area contributed by atoms with Crippen molar-refractivity contribution in [2.45, 2.75) is 34.6 Å². The normalized spacial score (nSPS) is 8.83. The Labute approximate surface area is 74.4 Å². The molecule has 0 spiro atoms. The minimum atomic E-state index is -0.138. The quantitative estimate of drug-likeness (QED) is 0.553. The van der Waals surface area contributed by atoms with Gasteiger partial charge in [0, 0.05) is 0 Å². The Kier molecular flexibility index (Phi) is 4.57. The van der Waals surface area contributed by atoms with E-state index in [1.807, 2.05) is 34.6 Å². The van der Waals surface area contributed by atoms with Crippen LogP contribution in [0.25, 0.3) is 0 Å². The first kappa shape index (κ1) is 11.2. The van der Waals surface area contributed by atoms with Gasteiger partial charge in [-0.2, -0.15) is 0 Å². The average Bonchev–Trinajstić information content (AvgIpc) is 2.04. The van der Waals surface area contributed by atoms with Crippen LogP contribution in [0, 0.1) is 26.6 Å². The second-order valence-corrected chi connectivity index (χ2v) is 2.66. The van der Waals surface area contributed by atoms with Crippen LogP contribution in [0.15, 0.2) is 12.1 Å². The zero-order chi connectivity index (χ0) is 9.72. The molecule has 0 aromatic heterocycles. The molecule has 0 N–H and O–H groups in total. The molecule has 0 aliphatic heterocycles. The van der Waals surface area contributed by atoms with Crippen LogP contribution in [0.2, 0.25) is 0 Å². The van der Waals surface area contributed by atoms with Crippen LogP contribution in [0.4, 0.5) is 4.39 Å². The Morgan fingerprint density at radius 2 is 1.25 bits per heavy atom. The maximum atomic E-state index is 12.6. The van der Waals surface area contributed by atoms with Crippen LogP contribution in [0.5, 0.6) is 0 Å². The fraction of sp³-hybridized carbons (Fsp3) is 0.455. The zero-order valence-electron chi connectivity index (χ0n) is 8.53. The Bertz CT molecular complexity index is 228. The third-order valence-corrected chi connectivity index (χ3v) is 1.89. The molecule has 68 valence electrons. The fourth-order valence-corrected chi connectivity index (χ4v) is 0.983. The lowest BCUT2D eigenvalue weighted by atomic mass is 10.0. The summed E-state index contributed by atoms with van der Waals surface area (Å²) in [4.78, 5) is 0. The highest BCUT2D eigenvalue weighted by atomic mass is 19.1. The van der Waals surface area contributed by atoms with Gasteiger partial charge in [0.15, 0.2) is 0 Å². The topological polar surface area (TPSA) is 0 Å². The number of aryl methyl sites for hydroxylation is 2. The minimum Gasteiger partial charge on any atom is -0.207 e. The van der Waals surface area contributed by atoms with Crippen molar-refractivity contribution in [1.82, 2.24) is 0 Å². The molecule has 0 amide bonds. The van der Waals surface area contributed by atoms with Crippen molar-refractivity contribution < 1.29 is 4.39 Å². The highest BCUT2D eigenvalue weighted by Gasteiger charge is 1.98. The summed E-state index contributed by atoms with van der Waals surface area (Å²) < 4.78 is 12.6. The van der Waals surface area contributed by atoms with Crippen LogP contribution in [-0.4, -0.2) is 0 Å². The molecule has 1 aromatic rings. The van der Waals surface area contributed by atoms with Gasteiger partial charge in [0.05, 0.1) is 0 Å². The van der Waals surface area contributed by atoms with Crippen molar-refractivity contribution in [3.05, 3.63) is 34.6 Å². The van der Waals surface area contributed by atoms with E-state index in [1.54, 1.807) is 12.1 Å². The molecule has 0 saturated heterocycles. The fourth-order valence-electron chi connectivity index (χ4n) is 0.983. The summed E-state index contributed by atoms with van der Waals surface area (Å²) in [6.07, 6.45) is 0. The number of rotatable bonds is 0. The molecule has 0 fully saturated rings. The van der Waals surface area contributed by atoms with E-state index in [2.05, 4.69) is 0 Å². The second kappa shape index (κ2) is 4.91. The highest BCUT2D eigenvalue weighted by Crippen LogP contribution is 2.13. The molecular weight excluding hydrogens is 151 g/mol. The number of halogens is 1. The first-order chi connectivity index (χ1) is 5.61. The van der Waals surface area contributed by atoms with E-state index < -0.39 is 0 Å². The first-order valence-electron chi connectivity index (χ1n) is 4.34. The summed E-state index contributed by atoms with van der Waals surface area (Å²) >= 11 is 0. The Balaban J connectivity index is 0.000000561. The van der Waals surface area contributed by atoms with E-state index in [0.717, 1.165) is 11.1 Å². The average molecular weight is 168 g/mol. The summed E-state index contributed by atoms with van der Waals surface area (Å²) in [5.74, 6) is -0.138. The smallest absolute Gasteiger partial charge is 0.123 e. The van der Waals surface area contributed by atoms with Gasteiger partial charge in [-0.3, -0.25) is 0 Å². The van der Waals surface area contributed by atoms with E-state index in [0.29, 0.717) is 0 Å². The molecule has 1 rings (SSSR count). The lowest BCUT2D eigenvalue weighted by molar-refractivity contribution is 0.624. The predicted octanol–water partition coefficient (Wildman–Crippen LogP) is 3.78. The van der Waals surface area contributed by atoms with Gasteiger partial charge in [-0.05, 0) is 49.6 Å². The zero-order valence-corrected chi connectivity index (χ0v) is 8.53. The van der Waals surface area contributed by atoms with Crippen LogP contribution in [0.3, 0.4) is 0 Å². The van der Waals surface area contributed by atoms with Gasteiger partial charge in [0.1, 0.15) is 5.82 Å². The summed E-state index contributed by atoms with van der Waals surface area (Å²) in [6, 6.07) is 3.12. The number of hydrogen-bond donors (Lipinski definition) is 0. The maximum Gasteiger partial charge on any atom is 0.123 e. The molecule has 0 aliphatic rings. The van der Waals surface area contributed by atoms with Gasteiger partial charge in [-0.1, -0.05) is 13.8 Å². The molecule has 0 aliphatic carbocycles. The first-order valence-corrected chi connectivity index (χ1v) is 4.34. The summed E-state index contributed by atoms with van der Waals surface area (Å²) in [5.41, 5.74) is 3.23. The van der Waals surface area contributed by atoms with Crippen LogP contribution in [0.1, 0.15) is 30.5 Å². The van der Waals surface area contributed by atoms with E-state index in [4.69, 9.17) is 0 Å². The summed E-state index contributed by atoms with van der Waals surface area (Å²) in [7, 11) is 0. The Morgan fingerprint density at radius 1 is 0.917 bits per heavy atom. The van der Waals surface area contributed by atoms with Gasteiger partial charge in [-0.25, -0.2) is 4.39 Å². The molecule has 0 bridgehead atoms. The molecule has 1 heteroatoms. The molecule has 0 unspecified atom stereocenters. The SMILES string of the molecule is CC.Cc1cc(F)cc(C)c1C. The van der Waals surface area contributed by atoms with E-state index >= 15 is 0 Å². The molecule has 0 heterocycles. The third-order valence-electron chi connectivity index (χ3n) is 1.89.